The Hall–Kier alpha value is -1.34. The number of benzene rings is 2. The molecule has 0 N–H and O–H groups in total. The van der Waals surface area contributed by atoms with Crippen molar-refractivity contribution in [2.45, 2.75) is 19.8 Å². The lowest BCUT2D eigenvalue weighted by Gasteiger charge is -2.10. The first-order valence-corrected chi connectivity index (χ1v) is 6.01. The van der Waals surface area contributed by atoms with E-state index in [1.807, 2.05) is 44.2 Å². The Labute approximate surface area is 106 Å². The van der Waals surface area contributed by atoms with Crippen molar-refractivity contribution >= 4 is 11.6 Å². The van der Waals surface area contributed by atoms with E-state index in [1.165, 1.54) is 6.07 Å². The molecular weight excluding hydrogens is 235 g/mol. The first kappa shape index (κ1) is 12.1. The molecule has 0 radical (unpaired) electrons. The minimum atomic E-state index is -0.147. The molecule has 0 aliphatic heterocycles. The number of hydrogen-bond acceptors (Lipinski definition) is 0. The van der Waals surface area contributed by atoms with E-state index in [1.54, 1.807) is 6.07 Å². The molecule has 0 spiro atoms. The van der Waals surface area contributed by atoms with Crippen LogP contribution >= 0.6 is 11.6 Å². The predicted octanol–water partition coefficient (Wildman–Crippen LogP) is 5.27. The smallest absolute Gasteiger partial charge is 0.126 e. The summed E-state index contributed by atoms with van der Waals surface area (Å²) in [5.74, 6) is 0.0277. The van der Waals surface area contributed by atoms with Crippen molar-refractivity contribution in [1.29, 1.82) is 0 Å². The average molecular weight is 249 g/mol. The quantitative estimate of drug-likeness (QED) is 0.679. The summed E-state index contributed by atoms with van der Waals surface area (Å²) >= 11 is 5.95. The van der Waals surface area contributed by atoms with Crippen molar-refractivity contribution in [3.05, 3.63) is 58.9 Å². The van der Waals surface area contributed by atoms with Gasteiger partial charge in [-0.2, -0.15) is 0 Å². The summed E-state index contributed by atoms with van der Waals surface area (Å²) in [6.45, 7) is 3.97. The highest BCUT2D eigenvalue weighted by atomic mass is 35.5. The zero-order chi connectivity index (χ0) is 12.4. The van der Waals surface area contributed by atoms with E-state index in [-0.39, 0.29) is 11.7 Å². The van der Waals surface area contributed by atoms with Crippen molar-refractivity contribution in [2.75, 3.05) is 0 Å². The lowest BCUT2D eigenvalue weighted by molar-refractivity contribution is 0.598. The molecule has 0 bridgehead atoms. The molecule has 0 aromatic heterocycles. The van der Waals surface area contributed by atoms with Gasteiger partial charge in [0.15, 0.2) is 0 Å². The first-order valence-electron chi connectivity index (χ1n) is 5.63. The van der Waals surface area contributed by atoms with Gasteiger partial charge < -0.3 is 0 Å². The van der Waals surface area contributed by atoms with Crippen LogP contribution in [0.15, 0.2) is 42.5 Å². The summed E-state index contributed by atoms with van der Waals surface area (Å²) < 4.78 is 13.6. The van der Waals surface area contributed by atoms with E-state index in [0.717, 1.165) is 16.7 Å². The second-order valence-corrected chi connectivity index (χ2v) is 4.84. The zero-order valence-electron chi connectivity index (χ0n) is 9.87. The second kappa shape index (κ2) is 4.89. The van der Waals surface area contributed by atoms with Crippen LogP contribution in [-0.4, -0.2) is 0 Å². The summed E-state index contributed by atoms with van der Waals surface area (Å²) in [4.78, 5) is 0. The third-order valence-electron chi connectivity index (χ3n) is 2.78. The topological polar surface area (TPSA) is 0 Å². The highest BCUT2D eigenvalue weighted by molar-refractivity contribution is 6.30. The van der Waals surface area contributed by atoms with Gasteiger partial charge in [-0.25, -0.2) is 4.39 Å². The predicted molar refractivity (Wildman–Crippen MR) is 70.9 cm³/mol. The Bertz CT molecular complexity index is 532. The van der Waals surface area contributed by atoms with Crippen LogP contribution in [-0.2, 0) is 0 Å². The van der Waals surface area contributed by atoms with Crippen molar-refractivity contribution in [3.8, 4) is 11.1 Å². The van der Waals surface area contributed by atoms with Gasteiger partial charge in [-0.3, -0.25) is 0 Å². The second-order valence-electron chi connectivity index (χ2n) is 4.40. The zero-order valence-corrected chi connectivity index (χ0v) is 10.6. The SMILES string of the molecule is CC(C)c1cc(-c2cccc(Cl)c2)ccc1F. The van der Waals surface area contributed by atoms with Crippen molar-refractivity contribution in [2.24, 2.45) is 0 Å². The molecule has 2 aromatic carbocycles. The van der Waals surface area contributed by atoms with Crippen LogP contribution in [0.4, 0.5) is 4.39 Å². The van der Waals surface area contributed by atoms with Gasteiger partial charge in [-0.1, -0.05) is 43.6 Å². The lowest BCUT2D eigenvalue weighted by Crippen LogP contribution is -1.93. The molecule has 17 heavy (non-hydrogen) atoms. The summed E-state index contributed by atoms with van der Waals surface area (Å²) in [5.41, 5.74) is 2.75. The van der Waals surface area contributed by atoms with Crippen LogP contribution in [0.3, 0.4) is 0 Å². The Morgan fingerprint density at radius 1 is 1.00 bits per heavy atom. The largest absolute Gasteiger partial charge is 0.207 e. The van der Waals surface area contributed by atoms with Crippen molar-refractivity contribution in [1.82, 2.24) is 0 Å². The maximum absolute atomic E-state index is 13.6. The molecule has 0 saturated carbocycles. The van der Waals surface area contributed by atoms with E-state index < -0.39 is 0 Å². The third kappa shape index (κ3) is 2.67. The maximum atomic E-state index is 13.6. The summed E-state index contributed by atoms with van der Waals surface area (Å²) in [6.07, 6.45) is 0. The van der Waals surface area contributed by atoms with Crippen LogP contribution < -0.4 is 0 Å². The Kier molecular flexibility index (Phi) is 3.49. The van der Waals surface area contributed by atoms with Gasteiger partial charge in [0.2, 0.25) is 0 Å². The lowest BCUT2D eigenvalue weighted by atomic mass is 9.97. The van der Waals surface area contributed by atoms with Crippen LogP contribution in [0.1, 0.15) is 25.3 Å². The molecule has 0 aliphatic rings. The molecule has 0 nitrogen and oxygen atoms in total. The molecular formula is C15H14ClF. The number of hydrogen-bond donors (Lipinski definition) is 0. The number of halogens is 2. The average Bonchev–Trinajstić information content (AvgIpc) is 2.29. The van der Waals surface area contributed by atoms with E-state index in [4.69, 9.17) is 11.6 Å². The van der Waals surface area contributed by atoms with Crippen molar-refractivity contribution < 1.29 is 4.39 Å². The minimum Gasteiger partial charge on any atom is -0.207 e. The molecule has 0 aliphatic carbocycles. The van der Waals surface area contributed by atoms with E-state index in [2.05, 4.69) is 0 Å². The molecule has 88 valence electrons. The van der Waals surface area contributed by atoms with Gasteiger partial charge in [0.05, 0.1) is 0 Å². The molecule has 0 atom stereocenters. The molecule has 2 aromatic rings. The van der Waals surface area contributed by atoms with Gasteiger partial charge in [-0.05, 0) is 46.9 Å². The first-order chi connectivity index (χ1) is 8.08. The summed E-state index contributed by atoms with van der Waals surface area (Å²) in [5, 5.41) is 0.693. The summed E-state index contributed by atoms with van der Waals surface area (Å²) in [6, 6.07) is 12.8. The van der Waals surface area contributed by atoms with E-state index in [0.29, 0.717) is 5.02 Å². The van der Waals surface area contributed by atoms with Crippen LogP contribution in [0.2, 0.25) is 5.02 Å². The molecule has 0 amide bonds. The highest BCUT2D eigenvalue weighted by Crippen LogP contribution is 2.27. The maximum Gasteiger partial charge on any atom is 0.126 e. The number of rotatable bonds is 2. The normalized spacial score (nSPS) is 10.9. The van der Waals surface area contributed by atoms with Crippen molar-refractivity contribution in [3.63, 3.8) is 0 Å². The van der Waals surface area contributed by atoms with E-state index >= 15 is 0 Å². The van der Waals surface area contributed by atoms with E-state index in [9.17, 15) is 4.39 Å². The minimum absolute atomic E-state index is 0.147. The van der Waals surface area contributed by atoms with Crippen LogP contribution in [0.5, 0.6) is 0 Å². The van der Waals surface area contributed by atoms with Gasteiger partial charge in [-0.15, -0.1) is 0 Å². The van der Waals surface area contributed by atoms with Crippen LogP contribution in [0.25, 0.3) is 11.1 Å². The standard InChI is InChI=1S/C15H14ClF/c1-10(2)14-9-12(6-7-15(14)17)11-4-3-5-13(16)8-11/h3-10H,1-2H3. The third-order valence-corrected chi connectivity index (χ3v) is 3.01. The van der Waals surface area contributed by atoms with Gasteiger partial charge in [0.1, 0.15) is 5.82 Å². The molecule has 2 heteroatoms. The Morgan fingerprint density at radius 2 is 1.71 bits per heavy atom. The summed E-state index contributed by atoms with van der Waals surface area (Å²) in [7, 11) is 0. The van der Waals surface area contributed by atoms with Gasteiger partial charge >= 0.3 is 0 Å². The Morgan fingerprint density at radius 3 is 2.35 bits per heavy atom. The fraction of sp³-hybridized carbons (Fsp3) is 0.200. The van der Waals surface area contributed by atoms with Gasteiger partial charge in [0.25, 0.3) is 0 Å². The molecule has 2 rings (SSSR count). The fourth-order valence-corrected chi connectivity index (χ4v) is 2.02. The molecule has 0 saturated heterocycles. The fourth-order valence-electron chi connectivity index (χ4n) is 1.83. The molecule has 0 heterocycles. The monoisotopic (exact) mass is 248 g/mol. The Balaban J connectivity index is 2.50. The van der Waals surface area contributed by atoms with Crippen LogP contribution in [0, 0.1) is 5.82 Å². The van der Waals surface area contributed by atoms with Gasteiger partial charge in [0, 0.05) is 5.02 Å². The molecule has 0 fully saturated rings. The molecule has 0 unspecified atom stereocenters. The highest BCUT2D eigenvalue weighted by Gasteiger charge is 2.08.